The molecule has 100 valence electrons. The summed E-state index contributed by atoms with van der Waals surface area (Å²) in [6.07, 6.45) is 0.175. The van der Waals surface area contributed by atoms with E-state index in [0.717, 1.165) is 5.56 Å². The molecule has 1 aliphatic heterocycles. The summed E-state index contributed by atoms with van der Waals surface area (Å²) in [5.74, 6) is -0.648. The molecule has 0 aromatic heterocycles. The normalized spacial score (nSPS) is 16.6. The molecule has 0 aliphatic carbocycles. The summed E-state index contributed by atoms with van der Waals surface area (Å²) in [4.78, 5) is 23.9. The lowest BCUT2D eigenvalue weighted by molar-refractivity contribution is 0.0933. The molecule has 0 unspecified atom stereocenters. The van der Waals surface area contributed by atoms with E-state index < -0.39 is 0 Å². The fraction of sp³-hybridized carbons (Fsp3) is 0.125. The van der Waals surface area contributed by atoms with Crippen molar-refractivity contribution in [1.82, 2.24) is 5.32 Å². The van der Waals surface area contributed by atoms with E-state index in [0.29, 0.717) is 11.1 Å². The number of hydrogen-bond donors (Lipinski definition) is 1. The molecular weight excluding hydrogens is 257 g/mol. The number of amides is 1. The summed E-state index contributed by atoms with van der Waals surface area (Å²) < 4.78 is 12.8. The molecular formula is C16H12FNO2. The highest BCUT2D eigenvalue weighted by Crippen LogP contribution is 2.28. The lowest BCUT2D eigenvalue weighted by atomic mass is 9.98. The van der Waals surface area contributed by atoms with Crippen LogP contribution in [0.2, 0.25) is 0 Å². The van der Waals surface area contributed by atoms with E-state index in [1.165, 1.54) is 24.3 Å². The first-order valence-electron chi connectivity index (χ1n) is 6.34. The molecule has 0 saturated heterocycles. The van der Waals surface area contributed by atoms with Gasteiger partial charge in [0.15, 0.2) is 5.78 Å². The molecule has 0 spiro atoms. The van der Waals surface area contributed by atoms with Gasteiger partial charge in [-0.1, -0.05) is 18.2 Å². The average molecular weight is 269 g/mol. The molecule has 1 aliphatic rings. The Balaban J connectivity index is 1.81. The predicted octanol–water partition coefficient (Wildman–Crippen LogP) is 2.88. The Kier molecular flexibility index (Phi) is 3.06. The number of fused-ring (bicyclic) bond motifs is 1. The van der Waals surface area contributed by atoms with Crippen LogP contribution in [-0.4, -0.2) is 11.7 Å². The van der Waals surface area contributed by atoms with E-state index >= 15 is 0 Å². The first-order chi connectivity index (χ1) is 9.65. The number of halogens is 1. The number of hydrogen-bond acceptors (Lipinski definition) is 2. The number of carbonyl (C=O) groups is 2. The van der Waals surface area contributed by atoms with Gasteiger partial charge in [0.2, 0.25) is 0 Å². The topological polar surface area (TPSA) is 46.2 Å². The molecule has 0 radical (unpaired) electrons. The standard InChI is InChI=1S/C16H12FNO2/c17-11-7-5-10(6-8-11)15(19)9-14-12-3-1-2-4-13(12)16(20)18-14/h1-8,14H,9H2,(H,18,20)/t14-/m0/s1. The molecule has 1 atom stereocenters. The van der Waals surface area contributed by atoms with Crippen LogP contribution in [0.15, 0.2) is 48.5 Å². The predicted molar refractivity (Wildman–Crippen MR) is 72.0 cm³/mol. The van der Waals surface area contributed by atoms with Gasteiger partial charge in [0.05, 0.1) is 6.04 Å². The number of carbonyl (C=O) groups excluding carboxylic acids is 2. The fourth-order valence-electron chi connectivity index (χ4n) is 2.42. The molecule has 1 heterocycles. The number of nitrogens with one attached hydrogen (secondary N) is 1. The van der Waals surface area contributed by atoms with Crippen LogP contribution in [0.1, 0.15) is 38.7 Å². The number of Topliss-reactive ketones (excluding diaryl/α,β-unsaturated/α-hetero) is 1. The van der Waals surface area contributed by atoms with Crippen molar-refractivity contribution in [2.45, 2.75) is 12.5 Å². The van der Waals surface area contributed by atoms with Crippen molar-refractivity contribution in [2.75, 3.05) is 0 Å². The molecule has 3 rings (SSSR count). The zero-order chi connectivity index (χ0) is 14.1. The third-order valence-electron chi connectivity index (χ3n) is 3.44. The molecule has 20 heavy (non-hydrogen) atoms. The van der Waals surface area contributed by atoms with Crippen molar-refractivity contribution in [3.05, 3.63) is 71.0 Å². The molecule has 0 fully saturated rings. The maximum absolute atomic E-state index is 12.8. The second-order valence-corrected chi connectivity index (χ2v) is 4.75. The molecule has 2 aromatic carbocycles. The Hall–Kier alpha value is -2.49. The van der Waals surface area contributed by atoms with E-state index in [-0.39, 0.29) is 30.0 Å². The van der Waals surface area contributed by atoms with Crippen molar-refractivity contribution in [2.24, 2.45) is 0 Å². The number of rotatable bonds is 3. The van der Waals surface area contributed by atoms with Gasteiger partial charge in [-0.3, -0.25) is 9.59 Å². The zero-order valence-electron chi connectivity index (χ0n) is 10.6. The Labute approximate surface area is 115 Å². The van der Waals surface area contributed by atoms with Gasteiger partial charge >= 0.3 is 0 Å². The summed E-state index contributed by atoms with van der Waals surface area (Å²) >= 11 is 0. The number of ketones is 1. The van der Waals surface area contributed by atoms with Crippen molar-refractivity contribution in [1.29, 1.82) is 0 Å². The smallest absolute Gasteiger partial charge is 0.252 e. The minimum absolute atomic E-state index is 0.119. The van der Waals surface area contributed by atoms with Crippen LogP contribution in [0, 0.1) is 5.82 Å². The summed E-state index contributed by atoms with van der Waals surface area (Å²) in [5.41, 5.74) is 1.90. The Morgan fingerprint density at radius 3 is 2.55 bits per heavy atom. The Bertz CT molecular complexity index is 679. The second kappa shape index (κ2) is 4.89. The van der Waals surface area contributed by atoms with E-state index in [1.807, 2.05) is 12.1 Å². The van der Waals surface area contributed by atoms with E-state index in [4.69, 9.17) is 0 Å². The zero-order valence-corrected chi connectivity index (χ0v) is 10.6. The first-order valence-corrected chi connectivity index (χ1v) is 6.34. The lowest BCUT2D eigenvalue weighted by Crippen LogP contribution is -2.21. The summed E-state index contributed by atoms with van der Waals surface area (Å²) in [5, 5.41) is 2.80. The van der Waals surface area contributed by atoms with Crippen molar-refractivity contribution in [3.8, 4) is 0 Å². The van der Waals surface area contributed by atoms with E-state index in [2.05, 4.69) is 5.32 Å². The van der Waals surface area contributed by atoms with Crippen molar-refractivity contribution in [3.63, 3.8) is 0 Å². The van der Waals surface area contributed by atoms with Gasteiger partial charge < -0.3 is 5.32 Å². The van der Waals surface area contributed by atoms with Gasteiger partial charge in [-0.05, 0) is 35.9 Å². The average Bonchev–Trinajstić information content (AvgIpc) is 2.77. The highest BCUT2D eigenvalue weighted by atomic mass is 19.1. The highest BCUT2D eigenvalue weighted by molar-refractivity contribution is 6.01. The molecule has 2 aromatic rings. The minimum Gasteiger partial charge on any atom is -0.345 e. The first kappa shape index (κ1) is 12.5. The summed E-state index contributed by atoms with van der Waals surface area (Å²) in [6.45, 7) is 0. The van der Waals surface area contributed by atoms with E-state index in [9.17, 15) is 14.0 Å². The van der Waals surface area contributed by atoms with Gasteiger partial charge in [0, 0.05) is 17.5 Å². The lowest BCUT2D eigenvalue weighted by Gasteiger charge is -2.10. The van der Waals surface area contributed by atoms with Crippen LogP contribution < -0.4 is 5.32 Å². The quantitative estimate of drug-likeness (QED) is 0.871. The van der Waals surface area contributed by atoms with Crippen LogP contribution in [0.25, 0.3) is 0 Å². The van der Waals surface area contributed by atoms with Gasteiger partial charge in [-0.25, -0.2) is 4.39 Å². The van der Waals surface area contributed by atoms with Gasteiger partial charge in [-0.2, -0.15) is 0 Å². The van der Waals surface area contributed by atoms with Crippen LogP contribution in [-0.2, 0) is 0 Å². The summed E-state index contributed by atoms with van der Waals surface area (Å²) in [6, 6.07) is 12.3. The van der Waals surface area contributed by atoms with Crippen LogP contribution in [0.4, 0.5) is 4.39 Å². The SMILES string of the molecule is O=C(C[C@@H]1NC(=O)c2ccccc21)c1ccc(F)cc1. The van der Waals surface area contributed by atoms with Gasteiger partial charge in [-0.15, -0.1) is 0 Å². The van der Waals surface area contributed by atoms with Gasteiger partial charge in [0.1, 0.15) is 5.82 Å². The highest BCUT2D eigenvalue weighted by Gasteiger charge is 2.29. The number of benzene rings is 2. The molecule has 4 heteroatoms. The Morgan fingerprint density at radius 1 is 1.10 bits per heavy atom. The molecule has 3 nitrogen and oxygen atoms in total. The second-order valence-electron chi connectivity index (χ2n) is 4.75. The van der Waals surface area contributed by atoms with Crippen molar-refractivity contribution < 1.29 is 14.0 Å². The molecule has 0 saturated carbocycles. The maximum atomic E-state index is 12.8. The third-order valence-corrected chi connectivity index (χ3v) is 3.44. The third kappa shape index (κ3) is 2.20. The van der Waals surface area contributed by atoms with E-state index in [1.54, 1.807) is 12.1 Å². The fourth-order valence-corrected chi connectivity index (χ4v) is 2.42. The molecule has 1 N–H and O–H groups in total. The van der Waals surface area contributed by atoms with Crippen LogP contribution in [0.3, 0.4) is 0 Å². The van der Waals surface area contributed by atoms with Crippen LogP contribution in [0.5, 0.6) is 0 Å². The summed E-state index contributed by atoms with van der Waals surface area (Å²) in [7, 11) is 0. The minimum atomic E-state index is -0.374. The largest absolute Gasteiger partial charge is 0.345 e. The van der Waals surface area contributed by atoms with Gasteiger partial charge in [0.25, 0.3) is 5.91 Å². The molecule has 0 bridgehead atoms. The maximum Gasteiger partial charge on any atom is 0.252 e. The van der Waals surface area contributed by atoms with Crippen LogP contribution >= 0.6 is 0 Å². The Morgan fingerprint density at radius 2 is 1.80 bits per heavy atom. The van der Waals surface area contributed by atoms with Crippen molar-refractivity contribution >= 4 is 11.7 Å². The molecule has 1 amide bonds. The monoisotopic (exact) mass is 269 g/mol.